The fourth-order valence-corrected chi connectivity index (χ4v) is 1.70. The number of carboxylic acid groups (broad SMARTS) is 2. The molecule has 1 unspecified atom stereocenters. The van der Waals surface area contributed by atoms with Crippen LogP contribution in [0.1, 0.15) is 6.42 Å². The lowest BCUT2D eigenvalue weighted by atomic mass is 10.2. The lowest BCUT2D eigenvalue weighted by Crippen LogP contribution is -2.47. The molecule has 11 nitrogen and oxygen atoms in total. The van der Waals surface area contributed by atoms with Crippen LogP contribution in [-0.2, 0) is 14.4 Å². The lowest BCUT2D eigenvalue weighted by molar-refractivity contribution is -0.141. The van der Waals surface area contributed by atoms with Gasteiger partial charge in [-0.15, -0.1) is 0 Å². The molecule has 1 amide bonds. The maximum absolute atomic E-state index is 11.6. The van der Waals surface area contributed by atoms with E-state index in [4.69, 9.17) is 20.4 Å². The van der Waals surface area contributed by atoms with E-state index in [1.54, 1.807) is 0 Å². The fraction of sp³-hybridized carbons (Fsp3) is 0.769. The molecule has 0 radical (unpaired) electrons. The minimum absolute atomic E-state index is 0.126. The highest BCUT2D eigenvalue weighted by molar-refractivity contribution is 5.84. The summed E-state index contributed by atoms with van der Waals surface area (Å²) in [6.07, 6.45) is -0.327. The first-order valence-corrected chi connectivity index (χ1v) is 7.51. The highest BCUT2D eigenvalue weighted by atomic mass is 16.4. The number of carbonyl (C=O) groups is 3. The van der Waals surface area contributed by atoms with E-state index in [1.807, 2.05) is 0 Å². The summed E-state index contributed by atoms with van der Waals surface area (Å²) in [5, 5.41) is 45.9. The van der Waals surface area contributed by atoms with Crippen molar-refractivity contribution in [1.82, 2.24) is 21.3 Å². The van der Waals surface area contributed by atoms with Crippen molar-refractivity contribution in [2.45, 2.75) is 18.5 Å². The highest BCUT2D eigenvalue weighted by Crippen LogP contribution is 1.94. The van der Waals surface area contributed by atoms with E-state index in [1.165, 1.54) is 0 Å². The topological polar surface area (TPSA) is 180 Å². The molecule has 0 saturated heterocycles. The Morgan fingerprint density at radius 2 is 1.46 bits per heavy atom. The van der Waals surface area contributed by atoms with Crippen molar-refractivity contribution in [3.63, 3.8) is 0 Å². The first kappa shape index (κ1) is 22.2. The molecule has 24 heavy (non-hydrogen) atoms. The van der Waals surface area contributed by atoms with Gasteiger partial charge >= 0.3 is 11.9 Å². The van der Waals surface area contributed by atoms with Crippen LogP contribution in [-0.4, -0.2) is 96.3 Å². The van der Waals surface area contributed by atoms with Crippen molar-refractivity contribution >= 4 is 17.8 Å². The molecule has 1 atom stereocenters. The number of nitrogens with one attached hydrogen (secondary N) is 4. The molecule has 0 bridgehead atoms. The lowest BCUT2D eigenvalue weighted by Gasteiger charge is -2.17. The number of aliphatic hydroxyl groups excluding tert-OH is 2. The van der Waals surface area contributed by atoms with Gasteiger partial charge in [0.05, 0.1) is 32.2 Å². The summed E-state index contributed by atoms with van der Waals surface area (Å²) in [7, 11) is 0. The summed E-state index contributed by atoms with van der Waals surface area (Å²) in [6.45, 7) is 0.713. The van der Waals surface area contributed by atoms with Gasteiger partial charge in [0, 0.05) is 26.2 Å². The van der Waals surface area contributed by atoms with Gasteiger partial charge in [0.1, 0.15) is 6.04 Å². The Morgan fingerprint density at radius 1 is 0.875 bits per heavy atom. The Hall–Kier alpha value is -1.79. The zero-order valence-corrected chi connectivity index (χ0v) is 13.3. The molecule has 0 aliphatic rings. The molecule has 0 aliphatic heterocycles. The summed E-state index contributed by atoms with van der Waals surface area (Å²) in [5.41, 5.74) is 0. The Morgan fingerprint density at radius 3 is 2.00 bits per heavy atom. The largest absolute Gasteiger partial charge is 0.480 e. The Kier molecular flexibility index (Phi) is 12.6. The van der Waals surface area contributed by atoms with Gasteiger partial charge in [-0.1, -0.05) is 0 Å². The van der Waals surface area contributed by atoms with Crippen molar-refractivity contribution in [3.8, 4) is 0 Å². The smallest absolute Gasteiger partial charge is 0.321 e. The van der Waals surface area contributed by atoms with Gasteiger partial charge in [0.25, 0.3) is 0 Å². The predicted molar refractivity (Wildman–Crippen MR) is 83.5 cm³/mol. The standard InChI is InChI=1S/C13H26N4O7/c18-7-9(8-19)17-11(20)5-10(13(23)24)16-4-3-14-1-2-15-6-12(21)22/h9-10,14-16,18-19H,1-8H2,(H,17,20)(H,21,22)(H,23,24). The molecule has 8 N–H and O–H groups in total. The van der Waals surface area contributed by atoms with Crippen LogP contribution in [0.3, 0.4) is 0 Å². The predicted octanol–water partition coefficient (Wildman–Crippen LogP) is -3.85. The first-order valence-electron chi connectivity index (χ1n) is 7.51. The Balaban J connectivity index is 3.90. The Bertz CT molecular complexity index is 391. The summed E-state index contributed by atoms with van der Waals surface area (Å²) < 4.78 is 0. The number of amides is 1. The third-order valence-corrected chi connectivity index (χ3v) is 2.94. The van der Waals surface area contributed by atoms with Gasteiger partial charge in [0.15, 0.2) is 0 Å². The number of aliphatic carboxylic acids is 2. The number of hydrogen-bond acceptors (Lipinski definition) is 8. The van der Waals surface area contributed by atoms with E-state index in [-0.39, 0.29) is 13.0 Å². The third kappa shape index (κ3) is 11.7. The average Bonchev–Trinajstić information content (AvgIpc) is 2.53. The molecule has 0 heterocycles. The number of carboxylic acids is 2. The molecule has 0 aromatic heterocycles. The maximum atomic E-state index is 11.6. The SMILES string of the molecule is O=C(O)CNCCNCCNC(CC(=O)NC(CO)CO)C(=O)O. The number of rotatable bonds is 15. The van der Waals surface area contributed by atoms with Crippen molar-refractivity contribution in [2.75, 3.05) is 45.9 Å². The first-order chi connectivity index (χ1) is 11.4. The molecule has 0 spiro atoms. The second kappa shape index (κ2) is 13.6. The maximum Gasteiger partial charge on any atom is 0.321 e. The van der Waals surface area contributed by atoms with Gasteiger partial charge in [-0.2, -0.15) is 0 Å². The molecule has 0 saturated carbocycles. The molecule has 0 rings (SSSR count). The van der Waals surface area contributed by atoms with Crippen LogP contribution in [0.25, 0.3) is 0 Å². The van der Waals surface area contributed by atoms with Crippen LogP contribution in [0.2, 0.25) is 0 Å². The van der Waals surface area contributed by atoms with Gasteiger partial charge in [-0.3, -0.25) is 14.4 Å². The minimum atomic E-state index is -1.18. The molecule has 0 aromatic rings. The molecule has 140 valence electrons. The van der Waals surface area contributed by atoms with Gasteiger partial charge in [-0.25, -0.2) is 0 Å². The number of carbonyl (C=O) groups excluding carboxylic acids is 1. The second-order valence-electron chi connectivity index (χ2n) is 5.00. The van der Waals surface area contributed by atoms with Crippen molar-refractivity contribution < 1.29 is 34.8 Å². The summed E-state index contributed by atoms with van der Waals surface area (Å²) >= 11 is 0. The van der Waals surface area contributed by atoms with Gasteiger partial charge in [0.2, 0.25) is 5.91 Å². The second-order valence-corrected chi connectivity index (χ2v) is 5.00. The van der Waals surface area contributed by atoms with Gasteiger partial charge < -0.3 is 41.7 Å². The quantitative estimate of drug-likeness (QED) is 0.136. The molecule has 11 heteroatoms. The van der Waals surface area contributed by atoms with E-state index in [0.717, 1.165) is 0 Å². The van der Waals surface area contributed by atoms with Crippen LogP contribution in [0.4, 0.5) is 0 Å². The molecule has 0 aromatic carbocycles. The van der Waals surface area contributed by atoms with Crippen LogP contribution in [0.15, 0.2) is 0 Å². The van der Waals surface area contributed by atoms with Gasteiger partial charge in [-0.05, 0) is 0 Å². The van der Waals surface area contributed by atoms with E-state index < -0.39 is 43.1 Å². The van der Waals surface area contributed by atoms with Crippen molar-refractivity contribution in [3.05, 3.63) is 0 Å². The zero-order valence-electron chi connectivity index (χ0n) is 13.3. The van der Waals surface area contributed by atoms with E-state index >= 15 is 0 Å². The fourth-order valence-electron chi connectivity index (χ4n) is 1.70. The van der Waals surface area contributed by atoms with E-state index in [2.05, 4.69) is 21.3 Å². The normalized spacial score (nSPS) is 12.1. The summed E-state index contributed by atoms with van der Waals surface area (Å²) in [5.74, 6) is -2.71. The molecule has 0 fully saturated rings. The third-order valence-electron chi connectivity index (χ3n) is 2.94. The van der Waals surface area contributed by atoms with Crippen LogP contribution in [0.5, 0.6) is 0 Å². The monoisotopic (exact) mass is 350 g/mol. The summed E-state index contributed by atoms with van der Waals surface area (Å²) in [4.78, 5) is 33.0. The van der Waals surface area contributed by atoms with E-state index in [9.17, 15) is 14.4 Å². The average molecular weight is 350 g/mol. The summed E-state index contributed by atoms with van der Waals surface area (Å²) in [6, 6.07) is -1.90. The minimum Gasteiger partial charge on any atom is -0.480 e. The molecular weight excluding hydrogens is 324 g/mol. The van der Waals surface area contributed by atoms with Crippen LogP contribution in [0, 0.1) is 0 Å². The Labute approximate surface area is 139 Å². The van der Waals surface area contributed by atoms with Crippen LogP contribution >= 0.6 is 0 Å². The van der Waals surface area contributed by atoms with Crippen molar-refractivity contribution in [2.24, 2.45) is 0 Å². The molecular formula is C13H26N4O7. The highest BCUT2D eigenvalue weighted by Gasteiger charge is 2.21. The number of aliphatic hydroxyl groups is 2. The number of hydrogen-bond donors (Lipinski definition) is 8. The van der Waals surface area contributed by atoms with E-state index in [0.29, 0.717) is 26.2 Å². The van der Waals surface area contributed by atoms with Crippen LogP contribution < -0.4 is 21.3 Å². The van der Waals surface area contributed by atoms with Crippen molar-refractivity contribution in [1.29, 1.82) is 0 Å². The zero-order chi connectivity index (χ0) is 18.4. The molecule has 0 aliphatic carbocycles.